The summed E-state index contributed by atoms with van der Waals surface area (Å²) < 4.78 is 0. The van der Waals surface area contributed by atoms with Crippen LogP contribution >= 0.6 is 0 Å². The lowest BCUT2D eigenvalue weighted by Crippen LogP contribution is -2.54. The molecule has 3 N–H and O–H groups in total. The number of benzene rings is 1. The predicted octanol–water partition coefficient (Wildman–Crippen LogP) is 1.37. The maximum atomic E-state index is 13.1. The van der Waals surface area contributed by atoms with Gasteiger partial charge in [0.15, 0.2) is 0 Å². The van der Waals surface area contributed by atoms with Crippen molar-refractivity contribution in [3.63, 3.8) is 0 Å². The summed E-state index contributed by atoms with van der Waals surface area (Å²) in [5, 5.41) is 2.88. The summed E-state index contributed by atoms with van der Waals surface area (Å²) in [4.78, 5) is 31.3. The van der Waals surface area contributed by atoms with Gasteiger partial charge in [-0.2, -0.15) is 0 Å². The van der Waals surface area contributed by atoms with E-state index in [0.717, 1.165) is 18.4 Å². The van der Waals surface area contributed by atoms with Crippen LogP contribution in [0.25, 0.3) is 0 Å². The van der Waals surface area contributed by atoms with Crippen molar-refractivity contribution in [2.24, 2.45) is 5.73 Å². The molecule has 136 valence electrons. The number of aromatic nitrogens is 1. The van der Waals surface area contributed by atoms with Gasteiger partial charge in [-0.05, 0) is 30.5 Å². The van der Waals surface area contributed by atoms with E-state index in [4.69, 9.17) is 5.73 Å². The topological polar surface area (TPSA) is 88.3 Å². The fourth-order valence-corrected chi connectivity index (χ4v) is 3.22. The lowest BCUT2D eigenvalue weighted by atomic mass is 10.0. The van der Waals surface area contributed by atoms with Crippen molar-refractivity contribution in [3.8, 4) is 0 Å². The fraction of sp³-hybridized carbons (Fsp3) is 0.350. The monoisotopic (exact) mass is 352 g/mol. The van der Waals surface area contributed by atoms with Crippen molar-refractivity contribution in [2.45, 2.75) is 31.3 Å². The van der Waals surface area contributed by atoms with E-state index in [1.54, 1.807) is 23.2 Å². The number of piperidine rings is 1. The molecule has 26 heavy (non-hydrogen) atoms. The first-order chi connectivity index (χ1) is 12.6. The first kappa shape index (κ1) is 18.1. The van der Waals surface area contributed by atoms with Gasteiger partial charge in [-0.3, -0.25) is 14.6 Å². The number of carbonyl (C=O) groups excluding carboxylic acids is 2. The molecule has 2 amide bonds. The first-order valence-electron chi connectivity index (χ1n) is 8.92. The number of hydrogen-bond acceptors (Lipinski definition) is 4. The Morgan fingerprint density at radius 1 is 1.23 bits per heavy atom. The summed E-state index contributed by atoms with van der Waals surface area (Å²) >= 11 is 0. The van der Waals surface area contributed by atoms with E-state index in [1.165, 1.54) is 6.20 Å². The summed E-state index contributed by atoms with van der Waals surface area (Å²) in [5.74, 6) is -0.380. The zero-order valence-corrected chi connectivity index (χ0v) is 14.7. The number of hydrogen-bond donors (Lipinski definition) is 2. The third-order valence-electron chi connectivity index (χ3n) is 4.58. The Morgan fingerprint density at radius 3 is 2.73 bits per heavy atom. The summed E-state index contributed by atoms with van der Waals surface area (Å²) in [6.07, 6.45) is 5.36. The van der Waals surface area contributed by atoms with Gasteiger partial charge in [0.2, 0.25) is 5.91 Å². The Labute approximate surface area is 153 Å². The SMILES string of the molecule is NC1CCCN(C(=O)C(Cc2ccccc2)NC(=O)c2cccnc2)C1. The van der Waals surface area contributed by atoms with E-state index in [0.29, 0.717) is 25.1 Å². The van der Waals surface area contributed by atoms with Crippen LogP contribution in [0.1, 0.15) is 28.8 Å². The van der Waals surface area contributed by atoms with Gasteiger partial charge in [-0.25, -0.2) is 0 Å². The van der Waals surface area contributed by atoms with Crippen molar-refractivity contribution in [2.75, 3.05) is 13.1 Å². The highest BCUT2D eigenvalue weighted by atomic mass is 16.2. The Balaban J connectivity index is 1.76. The lowest BCUT2D eigenvalue weighted by molar-refractivity contribution is -0.134. The Hall–Kier alpha value is -2.73. The average Bonchev–Trinajstić information content (AvgIpc) is 2.68. The van der Waals surface area contributed by atoms with Crippen molar-refractivity contribution < 1.29 is 9.59 Å². The average molecular weight is 352 g/mol. The zero-order chi connectivity index (χ0) is 18.4. The molecule has 6 heteroatoms. The van der Waals surface area contributed by atoms with Crippen LogP contribution in [0.15, 0.2) is 54.9 Å². The molecular formula is C20H24N4O2. The molecule has 6 nitrogen and oxygen atoms in total. The molecule has 1 fully saturated rings. The third-order valence-corrected chi connectivity index (χ3v) is 4.58. The molecule has 1 aromatic heterocycles. The number of rotatable bonds is 5. The normalized spacial score (nSPS) is 18.2. The van der Waals surface area contributed by atoms with Crippen molar-refractivity contribution in [1.29, 1.82) is 0 Å². The number of pyridine rings is 1. The Kier molecular flexibility index (Phi) is 5.96. The molecular weight excluding hydrogens is 328 g/mol. The van der Waals surface area contributed by atoms with Crippen LogP contribution in [0.3, 0.4) is 0 Å². The molecule has 1 saturated heterocycles. The molecule has 0 spiro atoms. The summed E-state index contributed by atoms with van der Waals surface area (Å²) in [5.41, 5.74) is 7.46. The maximum Gasteiger partial charge on any atom is 0.253 e. The molecule has 2 atom stereocenters. The standard InChI is InChI=1S/C20H24N4O2/c21-17-9-5-11-24(14-17)20(26)18(12-15-6-2-1-3-7-15)23-19(25)16-8-4-10-22-13-16/h1-4,6-8,10,13,17-18H,5,9,11-12,14,21H2,(H,23,25). The molecule has 2 aromatic rings. The van der Waals surface area contributed by atoms with E-state index >= 15 is 0 Å². The molecule has 3 rings (SSSR count). The van der Waals surface area contributed by atoms with Crippen LogP contribution in [-0.4, -0.2) is 46.9 Å². The van der Waals surface area contributed by atoms with Gasteiger partial charge >= 0.3 is 0 Å². The maximum absolute atomic E-state index is 13.1. The second-order valence-corrected chi connectivity index (χ2v) is 6.64. The first-order valence-corrected chi connectivity index (χ1v) is 8.92. The van der Waals surface area contributed by atoms with Crippen LogP contribution < -0.4 is 11.1 Å². The van der Waals surface area contributed by atoms with Gasteiger partial charge in [-0.1, -0.05) is 30.3 Å². The van der Waals surface area contributed by atoms with Crippen molar-refractivity contribution in [1.82, 2.24) is 15.2 Å². The van der Waals surface area contributed by atoms with Gasteiger partial charge in [0.05, 0.1) is 5.56 Å². The van der Waals surface area contributed by atoms with Crippen LogP contribution in [-0.2, 0) is 11.2 Å². The summed E-state index contributed by atoms with van der Waals surface area (Å²) in [6, 6.07) is 12.5. The van der Waals surface area contributed by atoms with Gasteiger partial charge in [0.1, 0.15) is 6.04 Å². The second-order valence-electron chi connectivity index (χ2n) is 6.64. The number of nitrogens with two attached hydrogens (primary N) is 1. The second kappa shape index (κ2) is 8.58. The molecule has 2 heterocycles. The summed E-state index contributed by atoms with van der Waals surface area (Å²) in [7, 11) is 0. The van der Waals surface area contributed by atoms with E-state index in [2.05, 4.69) is 10.3 Å². The molecule has 1 aliphatic rings. The Bertz CT molecular complexity index is 736. The number of amides is 2. The van der Waals surface area contributed by atoms with Gasteiger partial charge in [0.25, 0.3) is 5.91 Å². The van der Waals surface area contributed by atoms with Crippen LogP contribution in [0.2, 0.25) is 0 Å². The zero-order valence-electron chi connectivity index (χ0n) is 14.7. The van der Waals surface area contributed by atoms with E-state index in [1.807, 2.05) is 30.3 Å². The smallest absolute Gasteiger partial charge is 0.253 e. The molecule has 1 aliphatic heterocycles. The number of nitrogens with one attached hydrogen (secondary N) is 1. The van der Waals surface area contributed by atoms with Crippen LogP contribution in [0.4, 0.5) is 0 Å². The largest absolute Gasteiger partial charge is 0.340 e. The Morgan fingerprint density at radius 2 is 2.04 bits per heavy atom. The third kappa shape index (κ3) is 4.67. The lowest BCUT2D eigenvalue weighted by Gasteiger charge is -2.33. The van der Waals surface area contributed by atoms with Gasteiger partial charge in [0, 0.05) is 37.9 Å². The molecule has 0 radical (unpaired) electrons. The van der Waals surface area contributed by atoms with E-state index in [9.17, 15) is 9.59 Å². The van der Waals surface area contributed by atoms with Crippen molar-refractivity contribution in [3.05, 3.63) is 66.0 Å². The molecule has 0 bridgehead atoms. The highest BCUT2D eigenvalue weighted by Crippen LogP contribution is 2.13. The van der Waals surface area contributed by atoms with Crippen molar-refractivity contribution >= 4 is 11.8 Å². The minimum atomic E-state index is -0.629. The molecule has 0 aliphatic carbocycles. The highest BCUT2D eigenvalue weighted by Gasteiger charge is 2.29. The van der Waals surface area contributed by atoms with Gasteiger partial charge < -0.3 is 16.0 Å². The minimum absolute atomic E-state index is 0.000833. The van der Waals surface area contributed by atoms with Gasteiger partial charge in [-0.15, -0.1) is 0 Å². The van der Waals surface area contributed by atoms with E-state index < -0.39 is 6.04 Å². The summed E-state index contributed by atoms with van der Waals surface area (Å²) in [6.45, 7) is 1.22. The number of carbonyl (C=O) groups is 2. The van der Waals surface area contributed by atoms with Crippen LogP contribution in [0, 0.1) is 0 Å². The fourth-order valence-electron chi connectivity index (χ4n) is 3.22. The quantitative estimate of drug-likeness (QED) is 0.851. The molecule has 0 saturated carbocycles. The minimum Gasteiger partial charge on any atom is -0.340 e. The number of likely N-dealkylation sites (tertiary alicyclic amines) is 1. The molecule has 1 aromatic carbocycles. The molecule has 2 unspecified atom stereocenters. The van der Waals surface area contributed by atoms with Crippen LogP contribution in [0.5, 0.6) is 0 Å². The van der Waals surface area contributed by atoms with E-state index in [-0.39, 0.29) is 17.9 Å². The predicted molar refractivity (Wildman–Crippen MR) is 99.4 cm³/mol. The number of nitrogens with zero attached hydrogens (tertiary/aromatic N) is 2. The highest BCUT2D eigenvalue weighted by molar-refractivity contribution is 5.97.